The Kier molecular flexibility index (Phi) is 4.08. The Balaban J connectivity index is 2.14. The van der Waals surface area contributed by atoms with Crippen LogP contribution in [0.1, 0.15) is 25.3 Å². The smallest absolute Gasteiger partial charge is 0.193 e. The van der Waals surface area contributed by atoms with E-state index in [1.54, 1.807) is 6.07 Å². The topological polar surface area (TPSA) is 27.6 Å². The molecule has 0 unspecified atom stereocenters. The van der Waals surface area contributed by atoms with Gasteiger partial charge in [0.05, 0.1) is 6.54 Å². The second kappa shape index (κ2) is 5.59. The van der Waals surface area contributed by atoms with Gasteiger partial charge in [0.1, 0.15) is 5.82 Å². The van der Waals surface area contributed by atoms with Gasteiger partial charge in [-0.1, -0.05) is 18.2 Å². The average molecular weight is 263 g/mol. The minimum Gasteiger partial charge on any atom is -0.357 e. The fourth-order valence-corrected chi connectivity index (χ4v) is 2.29. The summed E-state index contributed by atoms with van der Waals surface area (Å²) in [6.07, 6.45) is 2.04. The van der Waals surface area contributed by atoms with E-state index in [-0.39, 0.29) is 11.2 Å². The van der Waals surface area contributed by atoms with Crippen molar-refractivity contribution in [2.75, 3.05) is 27.2 Å². The molecule has 0 spiro atoms. The largest absolute Gasteiger partial charge is 0.357 e. The van der Waals surface area contributed by atoms with Crippen LogP contribution in [-0.4, -0.2) is 38.0 Å². The highest BCUT2D eigenvalue weighted by Crippen LogP contribution is 2.49. The van der Waals surface area contributed by atoms with Gasteiger partial charge in [0.2, 0.25) is 0 Å². The molecular weight excluding hydrogens is 241 g/mol. The van der Waals surface area contributed by atoms with Gasteiger partial charge in [-0.3, -0.25) is 4.99 Å². The number of rotatable bonds is 4. The van der Waals surface area contributed by atoms with E-state index in [0.717, 1.165) is 30.9 Å². The molecule has 1 fully saturated rings. The molecule has 0 aromatic heterocycles. The van der Waals surface area contributed by atoms with Crippen LogP contribution in [0.5, 0.6) is 0 Å². The van der Waals surface area contributed by atoms with Crippen LogP contribution in [0.15, 0.2) is 29.3 Å². The van der Waals surface area contributed by atoms with Crippen LogP contribution in [0.3, 0.4) is 0 Å². The van der Waals surface area contributed by atoms with Crippen LogP contribution in [0.25, 0.3) is 0 Å². The Hall–Kier alpha value is -1.58. The number of hydrogen-bond donors (Lipinski definition) is 1. The number of benzene rings is 1. The fourth-order valence-electron chi connectivity index (χ4n) is 2.29. The molecule has 19 heavy (non-hydrogen) atoms. The van der Waals surface area contributed by atoms with E-state index in [9.17, 15) is 4.39 Å². The maximum atomic E-state index is 13.9. The van der Waals surface area contributed by atoms with Crippen molar-refractivity contribution in [3.05, 3.63) is 35.6 Å². The Bertz CT molecular complexity index is 464. The maximum Gasteiger partial charge on any atom is 0.193 e. The highest BCUT2D eigenvalue weighted by atomic mass is 19.1. The van der Waals surface area contributed by atoms with Crippen LogP contribution in [0, 0.1) is 5.82 Å². The van der Waals surface area contributed by atoms with Crippen molar-refractivity contribution in [1.29, 1.82) is 0 Å². The summed E-state index contributed by atoms with van der Waals surface area (Å²) in [7, 11) is 3.92. The van der Waals surface area contributed by atoms with E-state index in [2.05, 4.69) is 10.3 Å². The Labute approximate surface area is 114 Å². The van der Waals surface area contributed by atoms with E-state index >= 15 is 0 Å². The van der Waals surface area contributed by atoms with Crippen molar-refractivity contribution in [3.8, 4) is 0 Å². The van der Waals surface area contributed by atoms with Crippen LogP contribution in [0.2, 0.25) is 0 Å². The third kappa shape index (κ3) is 3.06. The second-order valence-corrected chi connectivity index (χ2v) is 5.32. The molecule has 1 aromatic rings. The predicted octanol–water partition coefficient (Wildman–Crippen LogP) is 2.38. The van der Waals surface area contributed by atoms with Gasteiger partial charge >= 0.3 is 0 Å². The Morgan fingerprint density at radius 2 is 2.05 bits per heavy atom. The summed E-state index contributed by atoms with van der Waals surface area (Å²) in [5, 5.41) is 3.23. The number of nitrogens with one attached hydrogen (secondary N) is 1. The molecule has 0 saturated heterocycles. The second-order valence-electron chi connectivity index (χ2n) is 5.32. The molecular formula is C15H22FN3. The van der Waals surface area contributed by atoms with Crippen LogP contribution in [0.4, 0.5) is 4.39 Å². The standard InChI is InChI=1S/C15H22FN3/c1-4-17-14(19(2)3)18-11-15(9-10-15)12-7-5-6-8-13(12)16/h5-8H,4,9-11H2,1-3H3,(H,17,18). The molecule has 0 radical (unpaired) electrons. The van der Waals surface area contributed by atoms with Gasteiger partial charge in [-0.15, -0.1) is 0 Å². The van der Waals surface area contributed by atoms with Gasteiger partial charge in [0.15, 0.2) is 5.96 Å². The number of hydrogen-bond acceptors (Lipinski definition) is 1. The van der Waals surface area contributed by atoms with Crippen LogP contribution >= 0.6 is 0 Å². The molecule has 2 rings (SSSR count). The SMILES string of the molecule is CCNC(=NCC1(c2ccccc2F)CC1)N(C)C. The number of halogens is 1. The van der Waals surface area contributed by atoms with Gasteiger partial charge in [-0.05, 0) is 31.4 Å². The summed E-state index contributed by atoms with van der Waals surface area (Å²) in [5.41, 5.74) is 0.732. The van der Waals surface area contributed by atoms with Crippen molar-refractivity contribution in [1.82, 2.24) is 10.2 Å². The lowest BCUT2D eigenvalue weighted by molar-refractivity contribution is 0.557. The van der Waals surface area contributed by atoms with Gasteiger partial charge in [0, 0.05) is 26.1 Å². The average Bonchev–Trinajstić information content (AvgIpc) is 3.15. The zero-order valence-electron chi connectivity index (χ0n) is 11.9. The van der Waals surface area contributed by atoms with E-state index in [0.29, 0.717) is 6.54 Å². The highest BCUT2D eigenvalue weighted by molar-refractivity contribution is 5.79. The van der Waals surface area contributed by atoms with Crippen LogP contribution < -0.4 is 5.32 Å². The van der Waals surface area contributed by atoms with Crippen molar-refractivity contribution in [2.24, 2.45) is 4.99 Å². The molecule has 1 aliphatic rings. The van der Waals surface area contributed by atoms with Crippen molar-refractivity contribution in [3.63, 3.8) is 0 Å². The van der Waals surface area contributed by atoms with Crippen molar-refractivity contribution < 1.29 is 4.39 Å². The molecule has 1 aromatic carbocycles. The molecule has 3 nitrogen and oxygen atoms in total. The molecule has 1 aliphatic carbocycles. The third-order valence-corrected chi connectivity index (χ3v) is 3.59. The first-order valence-electron chi connectivity index (χ1n) is 6.80. The molecule has 1 N–H and O–H groups in total. The van der Waals surface area contributed by atoms with Gasteiger partial charge < -0.3 is 10.2 Å². The normalized spacial score (nSPS) is 17.2. The Morgan fingerprint density at radius 1 is 1.37 bits per heavy atom. The zero-order chi connectivity index (χ0) is 13.9. The Morgan fingerprint density at radius 3 is 2.58 bits per heavy atom. The quantitative estimate of drug-likeness (QED) is 0.667. The fraction of sp³-hybridized carbons (Fsp3) is 0.533. The lowest BCUT2D eigenvalue weighted by atomic mass is 9.95. The first-order valence-corrected chi connectivity index (χ1v) is 6.80. The minimum absolute atomic E-state index is 0.0813. The highest BCUT2D eigenvalue weighted by Gasteiger charge is 2.45. The number of guanidine groups is 1. The lowest BCUT2D eigenvalue weighted by Crippen LogP contribution is -2.37. The molecule has 0 amide bonds. The summed E-state index contributed by atoms with van der Waals surface area (Å²) in [6.45, 7) is 3.53. The molecule has 4 heteroatoms. The summed E-state index contributed by atoms with van der Waals surface area (Å²) >= 11 is 0. The summed E-state index contributed by atoms with van der Waals surface area (Å²) in [5.74, 6) is 0.759. The van der Waals surface area contributed by atoms with Gasteiger partial charge in [-0.25, -0.2) is 4.39 Å². The minimum atomic E-state index is -0.106. The van der Waals surface area contributed by atoms with E-state index in [1.165, 1.54) is 6.07 Å². The summed E-state index contributed by atoms with van der Waals surface area (Å²) in [6, 6.07) is 7.07. The summed E-state index contributed by atoms with van der Waals surface area (Å²) in [4.78, 5) is 6.59. The van der Waals surface area contributed by atoms with E-state index in [1.807, 2.05) is 38.1 Å². The molecule has 0 aliphatic heterocycles. The monoisotopic (exact) mass is 263 g/mol. The van der Waals surface area contributed by atoms with Crippen molar-refractivity contribution in [2.45, 2.75) is 25.2 Å². The molecule has 0 bridgehead atoms. The summed E-state index contributed by atoms with van der Waals surface area (Å²) < 4.78 is 13.9. The zero-order valence-corrected chi connectivity index (χ0v) is 11.9. The number of nitrogens with zero attached hydrogens (tertiary/aromatic N) is 2. The third-order valence-electron chi connectivity index (χ3n) is 3.59. The first-order chi connectivity index (χ1) is 9.09. The lowest BCUT2D eigenvalue weighted by Gasteiger charge is -2.19. The first kappa shape index (κ1) is 13.8. The number of aliphatic imine (C=N–C) groups is 1. The molecule has 1 saturated carbocycles. The molecule has 0 heterocycles. The van der Waals surface area contributed by atoms with E-state index in [4.69, 9.17) is 0 Å². The van der Waals surface area contributed by atoms with Gasteiger partial charge in [0.25, 0.3) is 0 Å². The van der Waals surface area contributed by atoms with Crippen LogP contribution in [-0.2, 0) is 5.41 Å². The van der Waals surface area contributed by atoms with Crippen molar-refractivity contribution >= 4 is 5.96 Å². The molecule has 0 atom stereocenters. The molecule has 104 valence electrons. The maximum absolute atomic E-state index is 13.9. The predicted molar refractivity (Wildman–Crippen MR) is 77.0 cm³/mol. The van der Waals surface area contributed by atoms with E-state index < -0.39 is 0 Å². The van der Waals surface area contributed by atoms with Gasteiger partial charge in [-0.2, -0.15) is 0 Å².